The lowest BCUT2D eigenvalue weighted by atomic mass is 10.1. The summed E-state index contributed by atoms with van der Waals surface area (Å²) in [5, 5.41) is 3.31. The normalized spacial score (nSPS) is 10.6. The zero-order valence-electron chi connectivity index (χ0n) is 11.3. The minimum Gasteiger partial charge on any atom is -0.356 e. The molecule has 1 nitrogen and oxygen atoms in total. The second-order valence-corrected chi connectivity index (χ2v) is 4.45. The van der Waals surface area contributed by atoms with Gasteiger partial charge in [-0.15, -0.1) is 0 Å². The lowest BCUT2D eigenvalue weighted by Gasteiger charge is -2.07. The Kier molecular flexibility index (Phi) is 4.57. The number of hydrogen-bond donors (Lipinski definition) is 1. The molecule has 0 radical (unpaired) electrons. The highest BCUT2D eigenvalue weighted by molar-refractivity contribution is 5.57. The van der Waals surface area contributed by atoms with E-state index in [0.717, 1.165) is 17.8 Å². The van der Waals surface area contributed by atoms with Crippen molar-refractivity contribution in [2.24, 2.45) is 0 Å². The van der Waals surface area contributed by atoms with E-state index in [4.69, 9.17) is 0 Å². The minimum absolute atomic E-state index is 0.886. The third-order valence-electron chi connectivity index (χ3n) is 2.92. The predicted molar refractivity (Wildman–Crippen MR) is 84.1 cm³/mol. The number of nitrogens with one attached hydrogen (secondary N) is 1. The maximum atomic E-state index is 4.02. The third kappa shape index (κ3) is 4.14. The minimum atomic E-state index is 0.886. The molecule has 0 aliphatic heterocycles. The molecular formula is C18H19N. The van der Waals surface area contributed by atoms with Gasteiger partial charge in [0.15, 0.2) is 0 Å². The quantitative estimate of drug-likeness (QED) is 0.744. The van der Waals surface area contributed by atoms with Crippen molar-refractivity contribution in [1.29, 1.82) is 0 Å². The fourth-order valence-corrected chi connectivity index (χ4v) is 1.86. The van der Waals surface area contributed by atoms with Crippen molar-refractivity contribution in [3.63, 3.8) is 0 Å². The van der Waals surface area contributed by atoms with Crippen molar-refractivity contribution in [1.82, 2.24) is 0 Å². The summed E-state index contributed by atoms with van der Waals surface area (Å²) in [5.74, 6) is 0. The molecule has 0 heterocycles. The highest BCUT2D eigenvalue weighted by Gasteiger charge is 1.94. The van der Waals surface area contributed by atoms with Crippen LogP contribution in [0.15, 0.2) is 72.9 Å². The van der Waals surface area contributed by atoms with Gasteiger partial charge in [-0.3, -0.25) is 0 Å². The van der Waals surface area contributed by atoms with Gasteiger partial charge in [-0.05, 0) is 35.8 Å². The Bertz CT molecular complexity index is 567. The van der Waals surface area contributed by atoms with Crippen LogP contribution in [0.4, 0.5) is 5.69 Å². The van der Waals surface area contributed by atoms with Crippen LogP contribution in [0, 0.1) is 0 Å². The van der Waals surface area contributed by atoms with E-state index in [1.165, 1.54) is 11.1 Å². The smallest absolute Gasteiger partial charge is 0.0386 e. The van der Waals surface area contributed by atoms with Crippen molar-refractivity contribution < 1.29 is 0 Å². The van der Waals surface area contributed by atoms with E-state index in [0.29, 0.717) is 0 Å². The molecule has 0 aliphatic rings. The monoisotopic (exact) mass is 249 g/mol. The van der Waals surface area contributed by atoms with Gasteiger partial charge in [-0.2, -0.15) is 0 Å². The van der Waals surface area contributed by atoms with Crippen LogP contribution in [0.2, 0.25) is 0 Å². The first-order chi connectivity index (χ1) is 9.28. The summed E-state index contributed by atoms with van der Waals surface area (Å²) in [6.07, 6.45) is 5.09. The second-order valence-electron chi connectivity index (χ2n) is 4.45. The number of aryl methyl sites for hydroxylation is 1. The Morgan fingerprint density at radius 3 is 2.63 bits per heavy atom. The van der Waals surface area contributed by atoms with Crippen LogP contribution in [0.3, 0.4) is 0 Å². The average Bonchev–Trinajstić information content (AvgIpc) is 2.46. The molecule has 0 saturated carbocycles. The van der Waals surface area contributed by atoms with E-state index >= 15 is 0 Å². The summed E-state index contributed by atoms with van der Waals surface area (Å²) < 4.78 is 0. The number of hydrogen-bond acceptors (Lipinski definition) is 1. The van der Waals surface area contributed by atoms with Gasteiger partial charge in [-0.1, -0.05) is 62.0 Å². The first kappa shape index (κ1) is 13.2. The summed E-state index contributed by atoms with van der Waals surface area (Å²) >= 11 is 0. The highest BCUT2D eigenvalue weighted by Crippen LogP contribution is 2.14. The van der Waals surface area contributed by atoms with E-state index in [9.17, 15) is 0 Å². The predicted octanol–water partition coefficient (Wildman–Crippen LogP) is 4.89. The van der Waals surface area contributed by atoms with Gasteiger partial charge < -0.3 is 5.32 Å². The van der Waals surface area contributed by atoms with Crippen molar-refractivity contribution in [3.8, 4) is 0 Å². The Balaban J connectivity index is 1.99. The molecule has 0 spiro atoms. The van der Waals surface area contributed by atoms with Crippen LogP contribution in [-0.2, 0) is 6.42 Å². The van der Waals surface area contributed by atoms with Gasteiger partial charge in [-0.25, -0.2) is 0 Å². The molecule has 0 amide bonds. The van der Waals surface area contributed by atoms with E-state index in [1.807, 2.05) is 24.3 Å². The molecule has 0 atom stereocenters. The Morgan fingerprint density at radius 2 is 1.89 bits per heavy atom. The molecule has 96 valence electrons. The summed E-state index contributed by atoms with van der Waals surface area (Å²) in [5.41, 5.74) is 4.47. The number of rotatable bonds is 5. The van der Waals surface area contributed by atoms with Gasteiger partial charge >= 0.3 is 0 Å². The third-order valence-corrected chi connectivity index (χ3v) is 2.92. The molecule has 0 aliphatic carbocycles. The van der Waals surface area contributed by atoms with E-state index in [2.05, 4.69) is 61.3 Å². The molecule has 0 aromatic heterocycles. The van der Waals surface area contributed by atoms with Crippen LogP contribution in [0.5, 0.6) is 0 Å². The molecule has 19 heavy (non-hydrogen) atoms. The van der Waals surface area contributed by atoms with Crippen LogP contribution in [0.25, 0.3) is 6.08 Å². The first-order valence-corrected chi connectivity index (χ1v) is 6.56. The summed E-state index contributed by atoms with van der Waals surface area (Å²) in [6, 6.07) is 18.6. The zero-order valence-corrected chi connectivity index (χ0v) is 11.3. The van der Waals surface area contributed by atoms with Gasteiger partial charge in [0.2, 0.25) is 0 Å². The Hall–Kier alpha value is -2.28. The standard InChI is InChI=1S/C18H19N/c1-3-16-10-7-11-18(14-16)19-15(2)12-13-17-8-5-4-6-9-17/h4-14,19H,2-3H2,1H3/b13-12+. The average molecular weight is 249 g/mol. The van der Waals surface area contributed by atoms with E-state index in [1.54, 1.807) is 0 Å². The second kappa shape index (κ2) is 6.60. The lowest BCUT2D eigenvalue weighted by molar-refractivity contribution is 1.14. The maximum absolute atomic E-state index is 4.02. The van der Waals surface area contributed by atoms with E-state index < -0.39 is 0 Å². The van der Waals surface area contributed by atoms with Crippen LogP contribution in [0.1, 0.15) is 18.1 Å². The summed E-state index contributed by atoms with van der Waals surface area (Å²) in [4.78, 5) is 0. The molecule has 0 bridgehead atoms. The van der Waals surface area contributed by atoms with Crippen molar-refractivity contribution in [3.05, 3.63) is 84.1 Å². The molecule has 2 rings (SSSR count). The molecule has 0 fully saturated rings. The van der Waals surface area contributed by atoms with Crippen molar-refractivity contribution in [2.45, 2.75) is 13.3 Å². The van der Waals surface area contributed by atoms with Crippen molar-refractivity contribution in [2.75, 3.05) is 5.32 Å². The maximum Gasteiger partial charge on any atom is 0.0386 e. The fourth-order valence-electron chi connectivity index (χ4n) is 1.86. The molecule has 2 aromatic rings. The largest absolute Gasteiger partial charge is 0.356 e. The van der Waals surface area contributed by atoms with Crippen LogP contribution in [-0.4, -0.2) is 0 Å². The molecular weight excluding hydrogens is 230 g/mol. The van der Waals surface area contributed by atoms with Crippen LogP contribution >= 0.6 is 0 Å². The zero-order chi connectivity index (χ0) is 13.5. The van der Waals surface area contributed by atoms with Crippen LogP contribution < -0.4 is 5.32 Å². The van der Waals surface area contributed by atoms with Crippen molar-refractivity contribution >= 4 is 11.8 Å². The topological polar surface area (TPSA) is 12.0 Å². The highest BCUT2D eigenvalue weighted by atomic mass is 14.9. The molecule has 0 unspecified atom stereocenters. The van der Waals surface area contributed by atoms with Gasteiger partial charge in [0, 0.05) is 11.4 Å². The summed E-state index contributed by atoms with van der Waals surface area (Å²) in [6.45, 7) is 6.18. The van der Waals surface area contributed by atoms with Gasteiger partial charge in [0.25, 0.3) is 0 Å². The van der Waals surface area contributed by atoms with Gasteiger partial charge in [0.1, 0.15) is 0 Å². The number of anilines is 1. The Labute approximate surface area is 115 Å². The molecule has 0 saturated heterocycles. The molecule has 1 N–H and O–H groups in total. The summed E-state index contributed by atoms with van der Waals surface area (Å²) in [7, 11) is 0. The lowest BCUT2D eigenvalue weighted by Crippen LogP contribution is -1.95. The van der Waals surface area contributed by atoms with Gasteiger partial charge in [0.05, 0.1) is 0 Å². The van der Waals surface area contributed by atoms with E-state index in [-0.39, 0.29) is 0 Å². The fraction of sp³-hybridized carbons (Fsp3) is 0.111. The Morgan fingerprint density at radius 1 is 1.11 bits per heavy atom. The molecule has 1 heteroatoms. The molecule has 2 aromatic carbocycles. The SMILES string of the molecule is C=C(/C=C/c1ccccc1)Nc1cccc(CC)c1. The first-order valence-electron chi connectivity index (χ1n) is 6.56. The number of benzene rings is 2. The number of allylic oxidation sites excluding steroid dienone is 1.